The van der Waals surface area contributed by atoms with Crippen molar-refractivity contribution in [2.75, 3.05) is 6.54 Å². The number of likely N-dealkylation sites (tertiary alicyclic amines) is 1. The molecule has 2 rings (SSSR count). The van der Waals surface area contributed by atoms with Crippen LogP contribution in [0.15, 0.2) is 22.7 Å². The zero-order chi connectivity index (χ0) is 14.5. The summed E-state index contributed by atoms with van der Waals surface area (Å²) in [6.07, 6.45) is 5.11. The molecule has 1 atom stereocenters. The number of rotatable bonds is 4. The average molecular weight is 340 g/mol. The maximum Gasteiger partial charge on any atom is 0.265 e. The Hall–Kier alpha value is -0.910. The van der Waals surface area contributed by atoms with Gasteiger partial charge in [-0.25, -0.2) is 5.84 Å². The van der Waals surface area contributed by atoms with E-state index in [1.807, 2.05) is 18.2 Å². The van der Waals surface area contributed by atoms with Crippen molar-refractivity contribution in [2.24, 2.45) is 5.84 Å². The first-order valence-electron chi connectivity index (χ1n) is 7.19. The molecule has 5 heteroatoms. The molecule has 1 fully saturated rings. The summed E-state index contributed by atoms with van der Waals surface area (Å²) in [5.41, 5.74) is 3.95. The van der Waals surface area contributed by atoms with Gasteiger partial charge in [0.2, 0.25) is 0 Å². The third-order valence-electron chi connectivity index (χ3n) is 4.04. The number of nitrogens with zero attached hydrogens (tertiary/aromatic N) is 1. The summed E-state index contributed by atoms with van der Waals surface area (Å²) >= 11 is 3.57. The minimum atomic E-state index is -0.262. The molecule has 0 spiro atoms. The fraction of sp³-hybridized carbons (Fsp3) is 0.533. The lowest BCUT2D eigenvalue weighted by molar-refractivity contribution is 0.0953. The molecule has 1 aromatic rings. The molecule has 4 nitrogen and oxygen atoms in total. The van der Waals surface area contributed by atoms with Crippen LogP contribution in [-0.4, -0.2) is 23.4 Å². The van der Waals surface area contributed by atoms with E-state index in [0.717, 1.165) is 17.6 Å². The van der Waals surface area contributed by atoms with E-state index >= 15 is 0 Å². The molecule has 1 heterocycles. The van der Waals surface area contributed by atoms with Crippen LogP contribution in [0.5, 0.6) is 0 Å². The predicted molar refractivity (Wildman–Crippen MR) is 84.1 cm³/mol. The van der Waals surface area contributed by atoms with Gasteiger partial charge >= 0.3 is 0 Å². The number of carbonyl (C=O) groups is 1. The molecule has 1 saturated heterocycles. The lowest BCUT2D eigenvalue weighted by Gasteiger charge is -2.35. The molecule has 0 radical (unpaired) electrons. The van der Waals surface area contributed by atoms with E-state index in [1.165, 1.54) is 31.2 Å². The monoisotopic (exact) mass is 339 g/mol. The molecular formula is C15H22BrN3O. The van der Waals surface area contributed by atoms with Crippen molar-refractivity contribution in [1.82, 2.24) is 10.3 Å². The third-order valence-corrected chi connectivity index (χ3v) is 4.78. The van der Waals surface area contributed by atoms with Gasteiger partial charge in [0.25, 0.3) is 5.91 Å². The molecule has 1 aliphatic rings. The molecule has 0 aromatic heterocycles. The van der Waals surface area contributed by atoms with E-state index in [1.54, 1.807) is 0 Å². The number of nitrogens with one attached hydrogen (secondary N) is 1. The van der Waals surface area contributed by atoms with E-state index in [-0.39, 0.29) is 5.91 Å². The van der Waals surface area contributed by atoms with Gasteiger partial charge in [0.1, 0.15) is 0 Å². The topological polar surface area (TPSA) is 58.4 Å². The number of amides is 1. The van der Waals surface area contributed by atoms with Gasteiger partial charge in [0.15, 0.2) is 0 Å². The first kappa shape index (κ1) is 15.5. The molecule has 1 aromatic carbocycles. The van der Waals surface area contributed by atoms with Crippen molar-refractivity contribution in [3.63, 3.8) is 0 Å². The summed E-state index contributed by atoms with van der Waals surface area (Å²) in [6.45, 7) is 4.35. The second-order valence-corrected chi connectivity index (χ2v) is 6.16. The number of nitrogen functional groups attached to an aromatic ring is 1. The Kier molecular flexibility index (Phi) is 5.57. The number of hydrogen-bond donors (Lipinski definition) is 2. The van der Waals surface area contributed by atoms with E-state index in [4.69, 9.17) is 5.84 Å². The fourth-order valence-corrected chi connectivity index (χ4v) is 3.35. The molecular weight excluding hydrogens is 318 g/mol. The standard InChI is InChI=1S/C15H22BrN3O/c1-2-13-5-3-4-8-19(13)10-12-7-6-11(9-14(12)16)15(20)18-17/h6-7,9,13H,2-5,8,10,17H2,1H3,(H,18,20). The van der Waals surface area contributed by atoms with Gasteiger partial charge in [-0.1, -0.05) is 35.3 Å². The molecule has 20 heavy (non-hydrogen) atoms. The van der Waals surface area contributed by atoms with Gasteiger partial charge in [-0.3, -0.25) is 15.1 Å². The average Bonchev–Trinajstić information content (AvgIpc) is 2.49. The number of halogens is 1. The van der Waals surface area contributed by atoms with E-state index in [2.05, 4.69) is 33.2 Å². The Labute approximate surface area is 128 Å². The Morgan fingerprint density at radius 2 is 2.30 bits per heavy atom. The summed E-state index contributed by atoms with van der Waals surface area (Å²) in [7, 11) is 0. The lowest BCUT2D eigenvalue weighted by atomic mass is 9.99. The van der Waals surface area contributed by atoms with Crippen LogP contribution in [-0.2, 0) is 6.54 Å². The van der Waals surface area contributed by atoms with E-state index in [9.17, 15) is 4.79 Å². The van der Waals surface area contributed by atoms with Gasteiger partial charge in [0, 0.05) is 22.6 Å². The minimum absolute atomic E-state index is 0.262. The summed E-state index contributed by atoms with van der Waals surface area (Å²) < 4.78 is 0.971. The molecule has 3 N–H and O–H groups in total. The Balaban J connectivity index is 2.11. The van der Waals surface area contributed by atoms with Gasteiger partial charge in [-0.2, -0.15) is 0 Å². The largest absolute Gasteiger partial charge is 0.296 e. The van der Waals surface area contributed by atoms with Crippen LogP contribution in [0.3, 0.4) is 0 Å². The highest BCUT2D eigenvalue weighted by atomic mass is 79.9. The molecule has 110 valence electrons. The van der Waals surface area contributed by atoms with Gasteiger partial charge in [0.05, 0.1) is 0 Å². The van der Waals surface area contributed by atoms with Crippen molar-refractivity contribution >= 4 is 21.8 Å². The van der Waals surface area contributed by atoms with Crippen LogP contribution < -0.4 is 11.3 Å². The van der Waals surface area contributed by atoms with Crippen LogP contribution >= 0.6 is 15.9 Å². The van der Waals surface area contributed by atoms with Crippen molar-refractivity contribution in [2.45, 2.75) is 45.2 Å². The van der Waals surface area contributed by atoms with Crippen molar-refractivity contribution < 1.29 is 4.79 Å². The number of hydrazine groups is 1. The van der Waals surface area contributed by atoms with Crippen molar-refractivity contribution in [1.29, 1.82) is 0 Å². The Morgan fingerprint density at radius 3 is 2.95 bits per heavy atom. The van der Waals surface area contributed by atoms with Crippen LogP contribution in [0, 0.1) is 0 Å². The van der Waals surface area contributed by atoms with Crippen LogP contribution in [0.2, 0.25) is 0 Å². The summed E-state index contributed by atoms with van der Waals surface area (Å²) in [5, 5.41) is 0. The van der Waals surface area contributed by atoms with Gasteiger partial charge < -0.3 is 0 Å². The highest BCUT2D eigenvalue weighted by Gasteiger charge is 2.21. The quantitative estimate of drug-likeness (QED) is 0.503. The summed E-state index contributed by atoms with van der Waals surface area (Å²) in [4.78, 5) is 14.0. The number of carbonyl (C=O) groups excluding carboxylic acids is 1. The number of piperidine rings is 1. The van der Waals surface area contributed by atoms with E-state index < -0.39 is 0 Å². The van der Waals surface area contributed by atoms with Gasteiger partial charge in [-0.05, 0) is 43.5 Å². The zero-order valence-corrected chi connectivity index (χ0v) is 13.4. The highest BCUT2D eigenvalue weighted by molar-refractivity contribution is 9.10. The molecule has 0 bridgehead atoms. The second-order valence-electron chi connectivity index (χ2n) is 5.31. The number of nitrogens with two attached hydrogens (primary N) is 1. The van der Waals surface area contributed by atoms with Crippen LogP contribution in [0.25, 0.3) is 0 Å². The molecule has 1 unspecified atom stereocenters. The molecule has 0 saturated carbocycles. The van der Waals surface area contributed by atoms with Gasteiger partial charge in [-0.15, -0.1) is 0 Å². The predicted octanol–water partition coefficient (Wildman–Crippen LogP) is 2.82. The normalized spacial score (nSPS) is 19.9. The fourth-order valence-electron chi connectivity index (χ4n) is 2.85. The van der Waals surface area contributed by atoms with Crippen molar-refractivity contribution in [3.05, 3.63) is 33.8 Å². The maximum atomic E-state index is 11.5. The van der Waals surface area contributed by atoms with E-state index in [0.29, 0.717) is 11.6 Å². The Bertz CT molecular complexity index is 478. The molecule has 1 amide bonds. The highest BCUT2D eigenvalue weighted by Crippen LogP contribution is 2.25. The minimum Gasteiger partial charge on any atom is -0.296 e. The second kappa shape index (κ2) is 7.20. The molecule has 1 aliphatic heterocycles. The lowest BCUT2D eigenvalue weighted by Crippen LogP contribution is -2.38. The first-order chi connectivity index (χ1) is 9.65. The summed E-state index contributed by atoms with van der Waals surface area (Å²) in [5.74, 6) is 4.89. The van der Waals surface area contributed by atoms with Crippen LogP contribution in [0.1, 0.15) is 48.5 Å². The maximum absolute atomic E-state index is 11.5. The first-order valence-corrected chi connectivity index (χ1v) is 7.98. The number of hydrogen-bond acceptors (Lipinski definition) is 3. The summed E-state index contributed by atoms with van der Waals surface area (Å²) in [6, 6.07) is 6.36. The smallest absolute Gasteiger partial charge is 0.265 e. The third kappa shape index (κ3) is 3.59. The SMILES string of the molecule is CCC1CCCCN1Cc1ccc(C(=O)NN)cc1Br. The van der Waals surface area contributed by atoms with Crippen LogP contribution in [0.4, 0.5) is 0 Å². The number of benzene rings is 1. The zero-order valence-electron chi connectivity index (χ0n) is 11.9. The molecule has 0 aliphatic carbocycles. The van der Waals surface area contributed by atoms with Crippen molar-refractivity contribution in [3.8, 4) is 0 Å². The Morgan fingerprint density at radius 1 is 1.50 bits per heavy atom.